The van der Waals surface area contributed by atoms with Crippen LogP contribution in [0.15, 0.2) is 47.0 Å². The second-order valence-electron chi connectivity index (χ2n) is 7.21. The number of benzene rings is 1. The monoisotopic (exact) mass is 588 g/mol. The summed E-state index contributed by atoms with van der Waals surface area (Å²) in [5.41, 5.74) is 4.36. The van der Waals surface area contributed by atoms with Crippen LogP contribution >= 0.6 is 0 Å². The first kappa shape index (κ1) is 25.1. The quantitative estimate of drug-likeness (QED) is 0.275. The average Bonchev–Trinajstić information content (AvgIpc) is 3.07. The first-order chi connectivity index (χ1) is 13.4. The summed E-state index contributed by atoms with van der Waals surface area (Å²) >= 11 is 0. The van der Waals surface area contributed by atoms with Crippen LogP contribution in [0.25, 0.3) is 33.3 Å². The predicted octanol–water partition coefficient (Wildman–Crippen LogP) is 3.91. The Hall–Kier alpha value is -1.89. The van der Waals surface area contributed by atoms with Gasteiger partial charge in [0.25, 0.3) is 0 Å². The molecule has 1 aromatic carbocycles. The van der Waals surface area contributed by atoms with Crippen LogP contribution in [-0.2, 0) is 20.1 Å². The molecule has 0 aliphatic carbocycles. The number of fused-ring (bicyclic) bond motifs is 3. The van der Waals surface area contributed by atoms with Crippen molar-refractivity contribution in [2.75, 3.05) is 14.2 Å². The van der Waals surface area contributed by atoms with Gasteiger partial charge in [0.1, 0.15) is 0 Å². The summed E-state index contributed by atoms with van der Waals surface area (Å²) < 4.78 is 5.83. The average molecular weight is 588 g/mol. The van der Waals surface area contributed by atoms with E-state index in [2.05, 4.69) is 59.9 Å². The number of furan rings is 1. The van der Waals surface area contributed by atoms with Gasteiger partial charge < -0.3 is 19.6 Å². The van der Waals surface area contributed by atoms with Gasteiger partial charge in [-0.3, -0.25) is 0 Å². The molecule has 0 fully saturated rings. The van der Waals surface area contributed by atoms with E-state index >= 15 is 0 Å². The molecule has 3 heterocycles. The second kappa shape index (κ2) is 10.8. The number of pyridine rings is 2. The molecule has 4 rings (SSSR count). The van der Waals surface area contributed by atoms with Crippen LogP contribution in [-0.4, -0.2) is 42.5 Å². The topological polar surface area (TPSA) is 79.4 Å². The largest absolute Gasteiger partial charge is 0.486 e. The summed E-state index contributed by atoms with van der Waals surface area (Å²) in [6.45, 7) is 8.95. The molecule has 157 valence electrons. The number of aliphatic hydroxyl groups excluding tert-OH is 2. The van der Waals surface area contributed by atoms with Crippen LogP contribution in [0.1, 0.15) is 5.69 Å². The van der Waals surface area contributed by atoms with Gasteiger partial charge in [-0.2, -0.15) is 0 Å². The molecule has 0 bridgehead atoms. The van der Waals surface area contributed by atoms with Gasteiger partial charge in [0.2, 0.25) is 5.71 Å². The number of aliphatic hydroxyl groups is 2. The molecule has 29 heavy (non-hydrogen) atoms. The van der Waals surface area contributed by atoms with Crippen molar-refractivity contribution in [3.8, 4) is 11.3 Å². The van der Waals surface area contributed by atoms with Gasteiger partial charge in [-0.15, -0.1) is 23.8 Å². The first-order valence-corrected chi connectivity index (χ1v) is 12.5. The standard InChI is InChI=1S/C20H19N2OSi.2CH4O.Ir/c1-13-5-8-16-17-11-14(6-10-19(17)23-20(16)22-13)18-9-7-15(12-21-18)24(2,3)4;2*1-2;/h5,7-12H,1-4H3;2*2H,1H3;/q-1;;;. The van der Waals surface area contributed by atoms with Crippen molar-refractivity contribution >= 4 is 35.3 Å². The molecule has 0 aliphatic heterocycles. The smallest absolute Gasteiger partial charge is 0.216 e. The molecule has 3 aromatic heterocycles. The fourth-order valence-corrected chi connectivity index (χ4v) is 3.87. The minimum Gasteiger partial charge on any atom is -0.486 e. The molecule has 5 nitrogen and oxygen atoms in total. The zero-order valence-corrected chi connectivity index (χ0v) is 21.0. The first-order valence-electron chi connectivity index (χ1n) is 9.00. The molecular formula is C22H27IrN2O3Si-. The fourth-order valence-electron chi connectivity index (χ4n) is 2.84. The summed E-state index contributed by atoms with van der Waals surface area (Å²) in [5, 5.41) is 17.5. The molecule has 7 heteroatoms. The summed E-state index contributed by atoms with van der Waals surface area (Å²) in [6.07, 6.45) is 2.01. The Kier molecular flexibility index (Phi) is 9.33. The molecule has 0 amide bonds. The molecule has 0 spiro atoms. The molecule has 2 N–H and O–H groups in total. The molecule has 0 saturated heterocycles. The third-order valence-corrected chi connectivity index (χ3v) is 6.34. The maximum Gasteiger partial charge on any atom is 0.216 e. The summed E-state index contributed by atoms with van der Waals surface area (Å²) in [5.74, 6) is 0. The number of hydrogen-bond donors (Lipinski definition) is 2. The molecule has 0 saturated carbocycles. The molecule has 0 unspecified atom stereocenters. The van der Waals surface area contributed by atoms with Crippen molar-refractivity contribution in [2.45, 2.75) is 26.6 Å². The third-order valence-electron chi connectivity index (χ3n) is 4.31. The van der Waals surface area contributed by atoms with Gasteiger partial charge in [0.05, 0.1) is 13.7 Å². The second-order valence-corrected chi connectivity index (χ2v) is 12.3. The maximum atomic E-state index is 7.00. The van der Waals surface area contributed by atoms with Gasteiger partial charge >= 0.3 is 0 Å². The Morgan fingerprint density at radius 2 is 1.66 bits per heavy atom. The fraction of sp³-hybridized carbons (Fsp3) is 0.273. The van der Waals surface area contributed by atoms with E-state index in [1.54, 1.807) is 0 Å². The summed E-state index contributed by atoms with van der Waals surface area (Å²) in [6, 6.07) is 15.6. The predicted molar refractivity (Wildman–Crippen MR) is 118 cm³/mol. The van der Waals surface area contributed by atoms with Crippen molar-refractivity contribution in [2.24, 2.45) is 0 Å². The van der Waals surface area contributed by atoms with Crippen molar-refractivity contribution in [3.63, 3.8) is 0 Å². The Bertz CT molecular complexity index is 1060. The Morgan fingerprint density at radius 3 is 2.24 bits per heavy atom. The molecule has 1 radical (unpaired) electrons. The van der Waals surface area contributed by atoms with Gasteiger partial charge in [-0.05, 0) is 29.9 Å². The number of rotatable bonds is 2. The van der Waals surface area contributed by atoms with Crippen molar-refractivity contribution in [1.29, 1.82) is 0 Å². The van der Waals surface area contributed by atoms with Gasteiger partial charge in [-0.25, -0.2) is 4.98 Å². The van der Waals surface area contributed by atoms with Crippen LogP contribution in [0.3, 0.4) is 0 Å². The van der Waals surface area contributed by atoms with Crippen LogP contribution in [0, 0.1) is 13.0 Å². The summed E-state index contributed by atoms with van der Waals surface area (Å²) in [7, 11) is 0.672. The van der Waals surface area contributed by atoms with Gasteiger partial charge in [-0.1, -0.05) is 37.2 Å². The third kappa shape index (κ3) is 5.59. The molecular weight excluding hydrogens is 561 g/mol. The minimum atomic E-state index is -1.33. The van der Waals surface area contributed by atoms with E-state index in [0.717, 1.165) is 47.5 Å². The molecule has 0 aliphatic rings. The summed E-state index contributed by atoms with van der Waals surface area (Å²) in [4.78, 5) is 9.12. The van der Waals surface area contributed by atoms with E-state index in [9.17, 15) is 0 Å². The molecule has 0 atom stereocenters. The number of nitrogens with zero attached hydrogens (tertiary/aromatic N) is 2. The SMILES string of the molecule is CO.CO.Cc1ccc2c(n1)oc1c[c-]c(-c3ccc([Si](C)(C)C)cn3)cc12.[Ir]. The van der Waals surface area contributed by atoms with E-state index < -0.39 is 8.07 Å². The minimum absolute atomic E-state index is 0. The Morgan fingerprint density at radius 1 is 0.966 bits per heavy atom. The van der Waals surface area contributed by atoms with Crippen LogP contribution in [0.4, 0.5) is 0 Å². The zero-order chi connectivity index (χ0) is 20.9. The van der Waals surface area contributed by atoms with E-state index in [-0.39, 0.29) is 20.1 Å². The number of aromatic nitrogens is 2. The molecule has 4 aromatic rings. The number of hydrogen-bond acceptors (Lipinski definition) is 5. The Labute approximate surface area is 186 Å². The van der Waals surface area contributed by atoms with E-state index in [1.165, 1.54) is 5.19 Å². The van der Waals surface area contributed by atoms with Crippen LogP contribution < -0.4 is 5.19 Å². The van der Waals surface area contributed by atoms with Crippen molar-refractivity contribution in [3.05, 3.63) is 54.4 Å². The van der Waals surface area contributed by atoms with E-state index in [1.807, 2.05) is 25.3 Å². The number of aryl methyl sites for hydroxylation is 1. The van der Waals surface area contributed by atoms with E-state index in [0.29, 0.717) is 5.71 Å². The van der Waals surface area contributed by atoms with Crippen molar-refractivity contribution in [1.82, 2.24) is 9.97 Å². The van der Waals surface area contributed by atoms with Crippen LogP contribution in [0.5, 0.6) is 0 Å². The van der Waals surface area contributed by atoms with Crippen molar-refractivity contribution < 1.29 is 34.7 Å². The van der Waals surface area contributed by atoms with Gasteiger partial charge in [0.15, 0.2) is 0 Å². The zero-order valence-electron chi connectivity index (χ0n) is 17.6. The Balaban J connectivity index is 0.000000794. The maximum absolute atomic E-state index is 7.00. The van der Waals surface area contributed by atoms with Gasteiger partial charge in [0, 0.05) is 51.6 Å². The van der Waals surface area contributed by atoms with E-state index in [4.69, 9.17) is 14.6 Å². The normalized spacial score (nSPS) is 10.5. The van der Waals surface area contributed by atoms with Crippen LogP contribution in [0.2, 0.25) is 19.6 Å².